The first kappa shape index (κ1) is 26.0. The zero-order valence-corrected chi connectivity index (χ0v) is 26.9. The van der Waals surface area contributed by atoms with Crippen LogP contribution in [0.15, 0.2) is 171 Å². The van der Waals surface area contributed by atoms with Gasteiger partial charge in [-0.15, -0.1) is 0 Å². The molecule has 7 aromatic rings. The van der Waals surface area contributed by atoms with Crippen LogP contribution in [0.25, 0.3) is 44.5 Å². The van der Waals surface area contributed by atoms with Gasteiger partial charge in [0.2, 0.25) is 0 Å². The SMILES string of the molecule is c1ccc(-c2cc3c4c(c2)-c2cccc5c2B(N4c2ccccc2S3)N2c3ccccc3Sc3cc(-c4ccccc4)cc-5c32)cc1. The Kier molecular flexibility index (Phi) is 5.38. The lowest BCUT2D eigenvalue weighted by molar-refractivity contribution is 1.15. The number of para-hydroxylation sites is 2. The molecule has 218 valence electrons. The molecule has 0 radical (unpaired) electrons. The fraction of sp³-hybridized carbons (Fsp3) is 0. The van der Waals surface area contributed by atoms with Gasteiger partial charge >= 0.3 is 6.98 Å². The maximum atomic E-state index is 2.65. The highest BCUT2D eigenvalue weighted by Crippen LogP contribution is 2.61. The Morgan fingerprint density at radius 2 is 0.809 bits per heavy atom. The van der Waals surface area contributed by atoms with Crippen molar-refractivity contribution in [2.45, 2.75) is 19.6 Å². The summed E-state index contributed by atoms with van der Waals surface area (Å²) in [7, 11) is 0. The Bertz CT molecular complexity index is 2280. The molecule has 4 aliphatic rings. The van der Waals surface area contributed by atoms with Gasteiger partial charge in [-0.25, -0.2) is 0 Å². The summed E-state index contributed by atoms with van der Waals surface area (Å²) in [5.41, 5.74) is 16.8. The van der Waals surface area contributed by atoms with E-state index in [1.165, 1.54) is 92.3 Å². The van der Waals surface area contributed by atoms with E-state index in [4.69, 9.17) is 0 Å². The van der Waals surface area contributed by atoms with Crippen molar-refractivity contribution in [3.8, 4) is 44.5 Å². The van der Waals surface area contributed by atoms with E-state index in [1.807, 2.05) is 23.5 Å². The summed E-state index contributed by atoms with van der Waals surface area (Å²) in [6.45, 7) is -0.0343. The maximum absolute atomic E-state index is 2.65. The molecule has 0 unspecified atom stereocenters. The molecule has 0 amide bonds. The lowest BCUT2D eigenvalue weighted by Gasteiger charge is -2.51. The van der Waals surface area contributed by atoms with Crippen molar-refractivity contribution in [2.75, 3.05) is 9.62 Å². The number of hydrogen-bond acceptors (Lipinski definition) is 4. The molecule has 11 rings (SSSR count). The van der Waals surface area contributed by atoms with Crippen LogP contribution < -0.4 is 15.1 Å². The Hall–Kier alpha value is -5.10. The van der Waals surface area contributed by atoms with Gasteiger partial charge in [-0.1, -0.05) is 127 Å². The fourth-order valence-corrected chi connectivity index (χ4v) is 10.3. The van der Waals surface area contributed by atoms with Gasteiger partial charge in [-0.3, -0.25) is 0 Å². The third kappa shape index (κ3) is 3.61. The van der Waals surface area contributed by atoms with Gasteiger partial charge < -0.3 is 9.62 Å². The van der Waals surface area contributed by atoms with Crippen LogP contribution in [0.5, 0.6) is 0 Å². The Morgan fingerprint density at radius 1 is 0.362 bits per heavy atom. The van der Waals surface area contributed by atoms with Gasteiger partial charge in [-0.2, -0.15) is 0 Å². The normalized spacial score (nSPS) is 14.1. The molecular formula is C42H25BN2S2. The van der Waals surface area contributed by atoms with Crippen LogP contribution >= 0.6 is 23.5 Å². The summed E-state index contributed by atoms with van der Waals surface area (Å²) in [5, 5.41) is 0. The predicted molar refractivity (Wildman–Crippen MR) is 199 cm³/mol. The van der Waals surface area contributed by atoms with Crippen LogP contribution in [-0.4, -0.2) is 6.98 Å². The minimum Gasteiger partial charge on any atom is -0.359 e. The van der Waals surface area contributed by atoms with E-state index in [9.17, 15) is 0 Å². The molecule has 0 bridgehead atoms. The molecular weight excluding hydrogens is 607 g/mol. The Labute approximate surface area is 282 Å². The molecule has 0 fully saturated rings. The zero-order chi connectivity index (χ0) is 30.6. The standard InChI is InChI=1S/C42H25BN2S2/c1-3-12-26(13-4-1)28-22-32-30-16-11-17-31-33-23-29(27-14-5-2-6-15-27)25-39-42(33)45(35-19-8-10-21-37(35)47-39)43(40(30)31)44-34-18-7-9-20-36(34)46-38(24-28)41(32)44/h1-25H. The second-order valence-corrected chi connectivity index (χ2v) is 14.7. The maximum Gasteiger partial charge on any atom is 0.422 e. The van der Waals surface area contributed by atoms with Crippen molar-refractivity contribution in [3.63, 3.8) is 0 Å². The van der Waals surface area contributed by atoms with Crippen molar-refractivity contribution < 1.29 is 0 Å². The first-order valence-electron chi connectivity index (χ1n) is 16.0. The third-order valence-corrected chi connectivity index (χ3v) is 12.2. The van der Waals surface area contributed by atoms with Crippen LogP contribution in [0.4, 0.5) is 22.7 Å². The summed E-state index contributed by atoms with van der Waals surface area (Å²) >= 11 is 3.80. The van der Waals surface area contributed by atoms with Gasteiger partial charge in [0.15, 0.2) is 0 Å². The van der Waals surface area contributed by atoms with Crippen molar-refractivity contribution in [2.24, 2.45) is 0 Å². The van der Waals surface area contributed by atoms with Gasteiger partial charge in [0, 0.05) is 42.1 Å². The highest BCUT2D eigenvalue weighted by atomic mass is 32.2. The van der Waals surface area contributed by atoms with Gasteiger partial charge in [0.05, 0.1) is 11.4 Å². The molecule has 0 saturated carbocycles. The zero-order valence-electron chi connectivity index (χ0n) is 25.2. The van der Waals surface area contributed by atoms with Gasteiger partial charge in [-0.05, 0) is 87.4 Å². The number of anilines is 4. The molecule has 5 heteroatoms. The van der Waals surface area contributed by atoms with E-state index in [2.05, 4.69) is 161 Å². The Balaban J connectivity index is 1.27. The number of rotatable bonds is 2. The number of fused-ring (bicyclic) bond motifs is 8. The van der Waals surface area contributed by atoms with E-state index in [0.29, 0.717) is 0 Å². The fourth-order valence-electron chi connectivity index (χ4n) is 8.03. The van der Waals surface area contributed by atoms with Crippen LogP contribution in [0, 0.1) is 0 Å². The van der Waals surface area contributed by atoms with Crippen LogP contribution in [-0.2, 0) is 0 Å². The van der Waals surface area contributed by atoms with Gasteiger partial charge in [0.25, 0.3) is 0 Å². The van der Waals surface area contributed by atoms with E-state index in [0.717, 1.165) is 0 Å². The molecule has 0 saturated heterocycles. The van der Waals surface area contributed by atoms with Crippen LogP contribution in [0.3, 0.4) is 0 Å². The minimum atomic E-state index is -0.0343. The first-order chi connectivity index (χ1) is 23.3. The molecule has 2 nitrogen and oxygen atoms in total. The molecule has 0 aliphatic carbocycles. The molecule has 4 heterocycles. The van der Waals surface area contributed by atoms with Crippen molar-refractivity contribution in [1.29, 1.82) is 0 Å². The van der Waals surface area contributed by atoms with Crippen molar-refractivity contribution in [3.05, 3.63) is 152 Å². The summed E-state index contributed by atoms with van der Waals surface area (Å²) in [6, 6.07) is 56.3. The number of benzene rings is 7. The molecule has 7 aromatic carbocycles. The van der Waals surface area contributed by atoms with Crippen LogP contribution in [0.1, 0.15) is 0 Å². The number of hydrogen-bond donors (Lipinski definition) is 0. The van der Waals surface area contributed by atoms with Crippen molar-refractivity contribution >= 4 is 58.7 Å². The smallest absolute Gasteiger partial charge is 0.359 e. The summed E-state index contributed by atoms with van der Waals surface area (Å²) in [4.78, 5) is 10.5. The molecule has 0 atom stereocenters. The topological polar surface area (TPSA) is 6.48 Å². The third-order valence-electron chi connectivity index (χ3n) is 9.97. The monoisotopic (exact) mass is 632 g/mol. The quantitative estimate of drug-likeness (QED) is 0.175. The highest BCUT2D eigenvalue weighted by Gasteiger charge is 2.51. The van der Waals surface area contributed by atoms with Gasteiger partial charge in [0.1, 0.15) is 0 Å². The van der Waals surface area contributed by atoms with E-state index < -0.39 is 0 Å². The summed E-state index contributed by atoms with van der Waals surface area (Å²) in [5.74, 6) is 0. The largest absolute Gasteiger partial charge is 0.422 e. The average Bonchev–Trinajstić information content (AvgIpc) is 3.14. The average molecular weight is 633 g/mol. The first-order valence-corrected chi connectivity index (χ1v) is 17.7. The van der Waals surface area contributed by atoms with E-state index in [-0.39, 0.29) is 6.98 Å². The highest BCUT2D eigenvalue weighted by molar-refractivity contribution is 8.00. The minimum absolute atomic E-state index is 0.0343. The molecule has 47 heavy (non-hydrogen) atoms. The van der Waals surface area contributed by atoms with Crippen molar-refractivity contribution in [1.82, 2.24) is 0 Å². The van der Waals surface area contributed by atoms with E-state index in [1.54, 1.807) is 0 Å². The summed E-state index contributed by atoms with van der Waals surface area (Å²) < 4.78 is 0. The molecule has 4 aliphatic heterocycles. The number of nitrogens with zero attached hydrogens (tertiary/aromatic N) is 2. The molecule has 0 aromatic heterocycles. The Morgan fingerprint density at radius 3 is 1.30 bits per heavy atom. The lowest BCUT2D eigenvalue weighted by atomic mass is 9.53. The predicted octanol–water partition coefficient (Wildman–Crippen LogP) is 11.3. The lowest BCUT2D eigenvalue weighted by Crippen LogP contribution is -2.62. The second-order valence-electron chi connectivity index (χ2n) is 12.5. The molecule has 0 N–H and O–H groups in total. The summed E-state index contributed by atoms with van der Waals surface area (Å²) in [6.07, 6.45) is 0. The second kappa shape index (κ2) is 9.71. The van der Waals surface area contributed by atoms with E-state index >= 15 is 0 Å². The molecule has 0 spiro atoms. The van der Waals surface area contributed by atoms with Crippen LogP contribution in [0.2, 0.25) is 0 Å².